The Labute approximate surface area is 104 Å². The molecule has 1 aromatic carbocycles. The minimum atomic E-state index is -0.435. The molecule has 0 aliphatic heterocycles. The Morgan fingerprint density at radius 1 is 1.29 bits per heavy atom. The molecule has 2 rings (SSSR count). The van der Waals surface area contributed by atoms with Gasteiger partial charge in [-0.15, -0.1) is 0 Å². The van der Waals surface area contributed by atoms with Gasteiger partial charge in [0.25, 0.3) is 0 Å². The molecule has 0 radical (unpaired) electrons. The summed E-state index contributed by atoms with van der Waals surface area (Å²) in [5.41, 5.74) is 1.08. The summed E-state index contributed by atoms with van der Waals surface area (Å²) in [6.45, 7) is 1.92. The van der Waals surface area contributed by atoms with Gasteiger partial charge < -0.3 is 10.1 Å². The maximum atomic E-state index is 11.6. The van der Waals surface area contributed by atoms with E-state index in [0.29, 0.717) is 5.75 Å². The maximum Gasteiger partial charge on any atom is 0.413 e. The predicted molar refractivity (Wildman–Crippen MR) is 68.3 cm³/mol. The van der Waals surface area contributed by atoms with E-state index in [0.717, 1.165) is 5.56 Å². The molecule has 1 heterocycles. The minimum Gasteiger partial charge on any atom is -0.410 e. The lowest BCUT2D eigenvalue weighted by Gasteiger charge is -2.12. The van der Waals surface area contributed by atoms with Crippen LogP contribution in [0.25, 0.3) is 0 Å². The molecule has 0 spiro atoms. The lowest BCUT2D eigenvalue weighted by Crippen LogP contribution is -2.29. The van der Waals surface area contributed by atoms with Crippen LogP contribution in [0.3, 0.4) is 0 Å². The van der Waals surface area contributed by atoms with E-state index in [1.54, 1.807) is 23.5 Å². The molecule has 17 heavy (non-hydrogen) atoms. The summed E-state index contributed by atoms with van der Waals surface area (Å²) in [7, 11) is 0. The Balaban J connectivity index is 1.90. The Kier molecular flexibility index (Phi) is 3.77. The van der Waals surface area contributed by atoms with Crippen LogP contribution in [-0.2, 0) is 0 Å². The van der Waals surface area contributed by atoms with Crippen LogP contribution in [0, 0.1) is 0 Å². The fourth-order valence-electron chi connectivity index (χ4n) is 1.41. The summed E-state index contributed by atoms with van der Waals surface area (Å²) < 4.78 is 5.14. The first-order chi connectivity index (χ1) is 8.25. The number of para-hydroxylation sites is 1. The van der Waals surface area contributed by atoms with Crippen molar-refractivity contribution in [3.8, 4) is 5.75 Å². The van der Waals surface area contributed by atoms with Crippen LogP contribution < -0.4 is 10.1 Å². The number of amides is 1. The molecule has 0 saturated heterocycles. The van der Waals surface area contributed by atoms with E-state index in [-0.39, 0.29) is 6.04 Å². The number of nitrogens with one attached hydrogen (secondary N) is 1. The van der Waals surface area contributed by atoms with Crippen LogP contribution in [0.15, 0.2) is 47.2 Å². The summed E-state index contributed by atoms with van der Waals surface area (Å²) >= 11 is 1.61. The highest BCUT2D eigenvalue weighted by atomic mass is 32.1. The van der Waals surface area contributed by atoms with Crippen molar-refractivity contribution in [3.63, 3.8) is 0 Å². The Hall–Kier alpha value is -1.81. The lowest BCUT2D eigenvalue weighted by molar-refractivity contribution is 0.197. The summed E-state index contributed by atoms with van der Waals surface area (Å²) in [5.74, 6) is 0.544. The fraction of sp³-hybridized carbons (Fsp3) is 0.154. The number of carbonyl (C=O) groups is 1. The molecule has 1 unspecified atom stereocenters. The highest BCUT2D eigenvalue weighted by molar-refractivity contribution is 7.07. The first-order valence-corrected chi connectivity index (χ1v) is 6.25. The average molecular weight is 247 g/mol. The molecular formula is C13H13NO2S. The van der Waals surface area contributed by atoms with E-state index in [9.17, 15) is 4.79 Å². The molecule has 1 aromatic heterocycles. The minimum absolute atomic E-state index is 0.0440. The third-order valence-electron chi connectivity index (χ3n) is 2.33. The summed E-state index contributed by atoms with van der Waals surface area (Å²) in [5, 5.41) is 6.77. The molecule has 3 nitrogen and oxygen atoms in total. The molecule has 0 saturated carbocycles. The standard InChI is InChI=1S/C13H13NO2S/c1-10(11-7-8-17-9-11)14-13(15)16-12-5-3-2-4-6-12/h2-10H,1H3,(H,14,15). The summed E-state index contributed by atoms with van der Waals surface area (Å²) in [6, 6.07) is 11.0. The largest absolute Gasteiger partial charge is 0.413 e. The number of hydrogen-bond acceptors (Lipinski definition) is 3. The van der Waals surface area contributed by atoms with Crippen LogP contribution in [0.2, 0.25) is 0 Å². The second-order valence-corrected chi connectivity index (χ2v) is 4.41. The van der Waals surface area contributed by atoms with E-state index in [2.05, 4.69) is 5.32 Å². The average Bonchev–Trinajstić information content (AvgIpc) is 2.83. The van der Waals surface area contributed by atoms with Crippen molar-refractivity contribution in [2.24, 2.45) is 0 Å². The smallest absolute Gasteiger partial charge is 0.410 e. The number of carbonyl (C=O) groups excluding carboxylic acids is 1. The third-order valence-corrected chi connectivity index (χ3v) is 3.03. The first-order valence-electron chi connectivity index (χ1n) is 5.31. The SMILES string of the molecule is CC(NC(=O)Oc1ccccc1)c1ccsc1. The van der Waals surface area contributed by atoms with Crippen molar-refractivity contribution in [1.29, 1.82) is 0 Å². The van der Waals surface area contributed by atoms with Crippen LogP contribution in [-0.4, -0.2) is 6.09 Å². The molecule has 4 heteroatoms. The summed E-state index contributed by atoms with van der Waals surface area (Å²) in [6.07, 6.45) is -0.435. The first kappa shape index (κ1) is 11.7. The zero-order chi connectivity index (χ0) is 12.1. The molecule has 88 valence electrons. The van der Waals surface area contributed by atoms with E-state index >= 15 is 0 Å². The van der Waals surface area contributed by atoms with Gasteiger partial charge in [-0.2, -0.15) is 11.3 Å². The highest BCUT2D eigenvalue weighted by Crippen LogP contribution is 2.16. The van der Waals surface area contributed by atoms with Crippen molar-refractivity contribution < 1.29 is 9.53 Å². The van der Waals surface area contributed by atoms with Gasteiger partial charge in [0.2, 0.25) is 0 Å². The van der Waals surface area contributed by atoms with Gasteiger partial charge >= 0.3 is 6.09 Å². The Bertz CT molecular complexity index is 467. The van der Waals surface area contributed by atoms with Gasteiger partial charge in [0.15, 0.2) is 0 Å². The Morgan fingerprint density at radius 3 is 2.71 bits per heavy atom. The third kappa shape index (κ3) is 3.32. The lowest BCUT2D eigenvalue weighted by atomic mass is 10.2. The van der Waals surface area contributed by atoms with Gasteiger partial charge in [0.05, 0.1) is 6.04 Å². The number of benzene rings is 1. The topological polar surface area (TPSA) is 38.3 Å². The monoisotopic (exact) mass is 247 g/mol. The van der Waals surface area contributed by atoms with Gasteiger partial charge in [-0.1, -0.05) is 18.2 Å². The van der Waals surface area contributed by atoms with E-state index < -0.39 is 6.09 Å². The highest BCUT2D eigenvalue weighted by Gasteiger charge is 2.10. The summed E-state index contributed by atoms with van der Waals surface area (Å²) in [4.78, 5) is 11.6. The van der Waals surface area contributed by atoms with E-state index in [1.807, 2.05) is 41.9 Å². The number of hydrogen-bond donors (Lipinski definition) is 1. The van der Waals surface area contributed by atoms with Crippen molar-refractivity contribution >= 4 is 17.4 Å². The molecule has 0 aliphatic rings. The van der Waals surface area contributed by atoms with Crippen molar-refractivity contribution in [3.05, 3.63) is 52.7 Å². The van der Waals surface area contributed by atoms with Crippen LogP contribution in [0.5, 0.6) is 5.75 Å². The zero-order valence-corrected chi connectivity index (χ0v) is 10.2. The predicted octanol–water partition coefficient (Wildman–Crippen LogP) is 3.60. The molecule has 1 amide bonds. The second kappa shape index (κ2) is 5.50. The van der Waals surface area contributed by atoms with Gasteiger partial charge in [-0.05, 0) is 41.4 Å². The second-order valence-electron chi connectivity index (χ2n) is 3.63. The molecule has 1 atom stereocenters. The maximum absolute atomic E-state index is 11.6. The van der Waals surface area contributed by atoms with Crippen molar-refractivity contribution in [1.82, 2.24) is 5.32 Å². The molecule has 2 aromatic rings. The molecular weight excluding hydrogens is 234 g/mol. The fourth-order valence-corrected chi connectivity index (χ4v) is 2.16. The number of thiophene rings is 1. The molecule has 0 bridgehead atoms. The number of ether oxygens (including phenoxy) is 1. The van der Waals surface area contributed by atoms with Crippen LogP contribution >= 0.6 is 11.3 Å². The number of rotatable bonds is 3. The van der Waals surface area contributed by atoms with Crippen molar-refractivity contribution in [2.45, 2.75) is 13.0 Å². The quantitative estimate of drug-likeness (QED) is 0.900. The normalized spacial score (nSPS) is 11.8. The van der Waals surface area contributed by atoms with Crippen molar-refractivity contribution in [2.75, 3.05) is 0 Å². The van der Waals surface area contributed by atoms with Crippen LogP contribution in [0.1, 0.15) is 18.5 Å². The van der Waals surface area contributed by atoms with Gasteiger partial charge in [-0.25, -0.2) is 4.79 Å². The molecule has 1 N–H and O–H groups in total. The Morgan fingerprint density at radius 2 is 2.06 bits per heavy atom. The van der Waals surface area contributed by atoms with E-state index in [4.69, 9.17) is 4.74 Å². The van der Waals surface area contributed by atoms with Gasteiger partial charge in [0, 0.05) is 0 Å². The zero-order valence-electron chi connectivity index (χ0n) is 9.42. The van der Waals surface area contributed by atoms with Crippen LogP contribution in [0.4, 0.5) is 4.79 Å². The molecule has 0 fully saturated rings. The van der Waals surface area contributed by atoms with E-state index in [1.165, 1.54) is 0 Å². The van der Waals surface area contributed by atoms with Gasteiger partial charge in [-0.3, -0.25) is 0 Å². The van der Waals surface area contributed by atoms with Gasteiger partial charge in [0.1, 0.15) is 5.75 Å². The molecule has 0 aliphatic carbocycles.